The van der Waals surface area contributed by atoms with Crippen LogP contribution in [0.15, 0.2) is 18.2 Å². The largest absolute Gasteiger partial charge is 0.368 e. The first-order valence-corrected chi connectivity index (χ1v) is 5.12. The van der Waals surface area contributed by atoms with Gasteiger partial charge in [-0.05, 0) is 18.2 Å². The molecular formula is C11H14FN3O. The molecule has 0 spiro atoms. The van der Waals surface area contributed by atoms with Gasteiger partial charge in [-0.2, -0.15) is 0 Å². The fourth-order valence-electron chi connectivity index (χ4n) is 1.76. The number of carbonyl (C=O) groups excluding carboxylic acids is 1. The second-order valence-electron chi connectivity index (χ2n) is 3.95. The number of likely N-dealkylation sites (N-methyl/N-ethyl adjacent to an activating group) is 1. The highest BCUT2D eigenvalue weighted by Crippen LogP contribution is 2.23. The normalized spacial score (nSPS) is 15.6. The van der Waals surface area contributed by atoms with Crippen molar-refractivity contribution in [1.29, 1.82) is 0 Å². The third kappa shape index (κ3) is 1.86. The Kier molecular flexibility index (Phi) is 2.78. The lowest BCUT2D eigenvalue weighted by Crippen LogP contribution is -2.56. The number of amides is 1. The molecule has 1 aliphatic rings. The highest BCUT2D eigenvalue weighted by atomic mass is 19.1. The van der Waals surface area contributed by atoms with Gasteiger partial charge in [-0.3, -0.25) is 4.79 Å². The van der Waals surface area contributed by atoms with Crippen LogP contribution >= 0.6 is 0 Å². The average molecular weight is 223 g/mol. The van der Waals surface area contributed by atoms with Crippen LogP contribution in [0.2, 0.25) is 0 Å². The van der Waals surface area contributed by atoms with Gasteiger partial charge < -0.3 is 16.0 Å². The SMILES string of the molecule is CN(c1ccc(F)cc1C(N)=O)C1CNC1. The minimum atomic E-state index is -0.603. The molecular weight excluding hydrogens is 209 g/mol. The van der Waals surface area contributed by atoms with Crippen molar-refractivity contribution >= 4 is 11.6 Å². The third-order valence-electron chi connectivity index (χ3n) is 2.91. The summed E-state index contributed by atoms with van der Waals surface area (Å²) in [6, 6.07) is 4.45. The maximum absolute atomic E-state index is 13.0. The van der Waals surface area contributed by atoms with E-state index in [2.05, 4.69) is 5.32 Å². The Morgan fingerprint density at radius 3 is 2.75 bits per heavy atom. The summed E-state index contributed by atoms with van der Waals surface area (Å²) in [6.07, 6.45) is 0. The summed E-state index contributed by atoms with van der Waals surface area (Å²) in [5.74, 6) is -1.05. The number of carbonyl (C=O) groups is 1. The lowest BCUT2D eigenvalue weighted by Gasteiger charge is -2.37. The number of anilines is 1. The average Bonchev–Trinajstić information content (AvgIpc) is 2.14. The first-order chi connectivity index (χ1) is 7.59. The van der Waals surface area contributed by atoms with Crippen LogP contribution in [0.4, 0.5) is 10.1 Å². The molecule has 1 aromatic rings. The van der Waals surface area contributed by atoms with Crippen molar-refractivity contribution in [3.05, 3.63) is 29.6 Å². The standard InChI is InChI=1S/C11H14FN3O/c1-15(8-5-14-6-8)10-3-2-7(12)4-9(10)11(13)16/h2-4,8,14H,5-6H2,1H3,(H2,13,16). The minimum Gasteiger partial charge on any atom is -0.368 e. The monoisotopic (exact) mass is 223 g/mol. The Bertz CT molecular complexity index is 418. The predicted molar refractivity (Wildman–Crippen MR) is 60.0 cm³/mol. The van der Waals surface area contributed by atoms with Gasteiger partial charge in [0.15, 0.2) is 0 Å². The number of nitrogens with one attached hydrogen (secondary N) is 1. The molecule has 0 saturated carbocycles. The molecule has 0 aliphatic carbocycles. The second-order valence-corrected chi connectivity index (χ2v) is 3.95. The summed E-state index contributed by atoms with van der Waals surface area (Å²) in [5.41, 5.74) is 6.14. The Labute approximate surface area is 93.2 Å². The Hall–Kier alpha value is -1.62. The van der Waals surface area contributed by atoms with Crippen molar-refractivity contribution in [2.75, 3.05) is 25.0 Å². The maximum Gasteiger partial charge on any atom is 0.250 e. The van der Waals surface area contributed by atoms with Gasteiger partial charge in [0, 0.05) is 25.8 Å². The van der Waals surface area contributed by atoms with E-state index in [4.69, 9.17) is 5.73 Å². The van der Waals surface area contributed by atoms with Gasteiger partial charge in [0.2, 0.25) is 0 Å². The van der Waals surface area contributed by atoms with Gasteiger partial charge >= 0.3 is 0 Å². The molecule has 1 saturated heterocycles. The van der Waals surface area contributed by atoms with Crippen LogP contribution in [-0.4, -0.2) is 32.1 Å². The van der Waals surface area contributed by atoms with E-state index >= 15 is 0 Å². The quantitative estimate of drug-likeness (QED) is 0.776. The van der Waals surface area contributed by atoms with E-state index in [-0.39, 0.29) is 5.56 Å². The van der Waals surface area contributed by atoms with E-state index < -0.39 is 11.7 Å². The number of hydrogen-bond acceptors (Lipinski definition) is 3. The molecule has 2 rings (SSSR count). The van der Waals surface area contributed by atoms with Crippen LogP contribution in [0.3, 0.4) is 0 Å². The zero-order chi connectivity index (χ0) is 11.7. The van der Waals surface area contributed by atoms with Gasteiger partial charge in [0.05, 0.1) is 11.6 Å². The van der Waals surface area contributed by atoms with Gasteiger partial charge in [-0.1, -0.05) is 0 Å². The molecule has 1 amide bonds. The van der Waals surface area contributed by atoms with Gasteiger partial charge in [-0.25, -0.2) is 4.39 Å². The molecule has 0 unspecified atom stereocenters. The summed E-state index contributed by atoms with van der Waals surface area (Å²) in [7, 11) is 1.88. The number of primary amides is 1. The summed E-state index contributed by atoms with van der Waals surface area (Å²) in [6.45, 7) is 1.73. The molecule has 5 heteroatoms. The molecule has 0 atom stereocenters. The van der Waals surface area contributed by atoms with Gasteiger partial charge in [0.25, 0.3) is 5.91 Å². The van der Waals surface area contributed by atoms with E-state index in [0.29, 0.717) is 11.7 Å². The van der Waals surface area contributed by atoms with Gasteiger partial charge in [0.1, 0.15) is 5.82 Å². The summed E-state index contributed by atoms with van der Waals surface area (Å²) >= 11 is 0. The highest BCUT2D eigenvalue weighted by molar-refractivity contribution is 5.98. The Morgan fingerprint density at radius 2 is 2.25 bits per heavy atom. The van der Waals surface area contributed by atoms with E-state index in [9.17, 15) is 9.18 Å². The van der Waals surface area contributed by atoms with Crippen LogP contribution in [-0.2, 0) is 0 Å². The minimum absolute atomic E-state index is 0.231. The van der Waals surface area contributed by atoms with E-state index in [0.717, 1.165) is 13.1 Å². The summed E-state index contributed by atoms with van der Waals surface area (Å²) in [4.78, 5) is 13.2. The molecule has 0 radical (unpaired) electrons. The van der Waals surface area contributed by atoms with Crippen molar-refractivity contribution in [3.63, 3.8) is 0 Å². The maximum atomic E-state index is 13.0. The molecule has 0 aromatic heterocycles. The topological polar surface area (TPSA) is 58.4 Å². The zero-order valence-electron chi connectivity index (χ0n) is 9.03. The first kappa shape index (κ1) is 10.9. The van der Waals surface area contributed by atoms with Crippen molar-refractivity contribution < 1.29 is 9.18 Å². The van der Waals surface area contributed by atoms with E-state index in [1.54, 1.807) is 6.07 Å². The number of nitrogens with zero attached hydrogens (tertiary/aromatic N) is 1. The molecule has 1 aromatic carbocycles. The zero-order valence-corrected chi connectivity index (χ0v) is 9.03. The Balaban J connectivity index is 2.34. The molecule has 4 nitrogen and oxygen atoms in total. The van der Waals surface area contributed by atoms with Crippen LogP contribution in [0, 0.1) is 5.82 Å². The van der Waals surface area contributed by atoms with Gasteiger partial charge in [-0.15, -0.1) is 0 Å². The molecule has 86 valence electrons. The summed E-state index contributed by atoms with van der Waals surface area (Å²) in [5, 5.41) is 3.14. The van der Waals surface area contributed by atoms with E-state index in [1.807, 2.05) is 11.9 Å². The van der Waals surface area contributed by atoms with Crippen LogP contribution in [0.25, 0.3) is 0 Å². The predicted octanol–water partition coefficient (Wildman–Crippen LogP) is 0.333. The number of halogens is 1. The molecule has 3 N–H and O–H groups in total. The molecule has 1 aliphatic heterocycles. The fraction of sp³-hybridized carbons (Fsp3) is 0.364. The van der Waals surface area contributed by atoms with Crippen LogP contribution < -0.4 is 16.0 Å². The molecule has 16 heavy (non-hydrogen) atoms. The van der Waals surface area contributed by atoms with Crippen molar-refractivity contribution in [2.24, 2.45) is 5.73 Å². The van der Waals surface area contributed by atoms with Crippen molar-refractivity contribution in [3.8, 4) is 0 Å². The molecule has 1 fully saturated rings. The van der Waals surface area contributed by atoms with Crippen LogP contribution in [0.5, 0.6) is 0 Å². The number of benzene rings is 1. The molecule has 0 bridgehead atoms. The summed E-state index contributed by atoms with van der Waals surface area (Å²) < 4.78 is 13.0. The highest BCUT2D eigenvalue weighted by Gasteiger charge is 2.24. The van der Waals surface area contributed by atoms with E-state index in [1.165, 1.54) is 12.1 Å². The van der Waals surface area contributed by atoms with Crippen molar-refractivity contribution in [2.45, 2.75) is 6.04 Å². The number of rotatable bonds is 3. The second kappa shape index (κ2) is 4.09. The van der Waals surface area contributed by atoms with Crippen LogP contribution in [0.1, 0.15) is 10.4 Å². The number of nitrogens with two attached hydrogens (primary N) is 1. The fourth-order valence-corrected chi connectivity index (χ4v) is 1.76. The number of hydrogen-bond donors (Lipinski definition) is 2. The smallest absolute Gasteiger partial charge is 0.250 e. The lowest BCUT2D eigenvalue weighted by molar-refractivity contribution is 0.1000. The Morgan fingerprint density at radius 1 is 1.56 bits per heavy atom. The third-order valence-corrected chi connectivity index (χ3v) is 2.91. The van der Waals surface area contributed by atoms with Crippen molar-refractivity contribution in [1.82, 2.24) is 5.32 Å². The molecule has 1 heterocycles. The lowest BCUT2D eigenvalue weighted by atomic mass is 10.1. The first-order valence-electron chi connectivity index (χ1n) is 5.12.